The molecule has 2 aliphatic heterocycles. The average molecular weight is 611 g/mol. The molecule has 0 radical (unpaired) electrons. The number of methoxy groups -OCH3 is 1. The van der Waals surface area contributed by atoms with Crippen molar-refractivity contribution in [2.75, 3.05) is 12.0 Å². The largest absolute Gasteiger partial charge is 0.496 e. The van der Waals surface area contributed by atoms with E-state index in [-0.39, 0.29) is 29.5 Å². The van der Waals surface area contributed by atoms with Crippen LogP contribution in [0.3, 0.4) is 0 Å². The molecule has 3 fully saturated rings. The Hall–Kier alpha value is -3.60. The molecule has 1 N–H and O–H groups in total. The standard InChI is InChI=1S/C30H28Cl2N4O6/c1-39-24-11-16(7-10-20(24)29(37)38)28-33-30(35-42-28)36-17-8-9-18(36)13-19(12-17)40-14-21-26(34-41-27(21)15-5-6-15)25-22(31)3-2-4-23(25)32/h2-4,7,10-11,15,17-19H,5-6,8-9,12-14H2,1H3,(H,37,38). The number of hydrogen-bond acceptors (Lipinski definition) is 9. The van der Waals surface area contributed by atoms with Crippen molar-refractivity contribution in [1.29, 1.82) is 0 Å². The first-order chi connectivity index (χ1) is 20.4. The Bertz CT molecular complexity index is 1620. The van der Waals surface area contributed by atoms with Crippen LogP contribution in [0.1, 0.15) is 66.1 Å². The summed E-state index contributed by atoms with van der Waals surface area (Å²) in [4.78, 5) is 18.3. The number of aromatic carboxylic acids is 1. The van der Waals surface area contributed by atoms with Gasteiger partial charge < -0.3 is 28.5 Å². The van der Waals surface area contributed by atoms with Gasteiger partial charge in [-0.1, -0.05) is 34.4 Å². The molecule has 2 atom stereocenters. The number of ether oxygens (including phenoxy) is 2. The summed E-state index contributed by atoms with van der Waals surface area (Å²) in [6.07, 6.45) is 5.87. The van der Waals surface area contributed by atoms with E-state index in [0.717, 1.165) is 49.8 Å². The lowest BCUT2D eigenvalue weighted by atomic mass is 9.99. The number of carboxylic acid groups (broad SMARTS) is 1. The van der Waals surface area contributed by atoms with Crippen molar-refractivity contribution >= 4 is 35.1 Å². The summed E-state index contributed by atoms with van der Waals surface area (Å²) in [5.41, 5.74) is 2.91. The van der Waals surface area contributed by atoms with Crippen molar-refractivity contribution in [3.63, 3.8) is 0 Å². The maximum absolute atomic E-state index is 11.4. The molecule has 2 aromatic carbocycles. The third kappa shape index (κ3) is 4.91. The minimum Gasteiger partial charge on any atom is -0.496 e. The van der Waals surface area contributed by atoms with Crippen LogP contribution in [0.25, 0.3) is 22.7 Å². The predicted octanol–water partition coefficient (Wildman–Crippen LogP) is 7.00. The van der Waals surface area contributed by atoms with Crippen LogP contribution >= 0.6 is 23.2 Å². The van der Waals surface area contributed by atoms with Crippen molar-refractivity contribution in [3.05, 3.63) is 63.3 Å². The normalized spacial score (nSPS) is 21.6. The molecule has 10 nitrogen and oxygen atoms in total. The SMILES string of the molecule is COc1cc(-c2nc(N3C4CCC3CC(OCc3c(-c5c(Cl)cccc5Cl)noc3C3CC3)C4)no2)ccc1C(=O)O. The maximum Gasteiger partial charge on any atom is 0.339 e. The van der Waals surface area contributed by atoms with Gasteiger partial charge in [0.05, 0.1) is 29.9 Å². The minimum absolute atomic E-state index is 0.0504. The van der Waals surface area contributed by atoms with Crippen molar-refractivity contribution in [3.8, 4) is 28.5 Å². The van der Waals surface area contributed by atoms with Crippen molar-refractivity contribution in [2.45, 2.75) is 69.2 Å². The molecule has 218 valence electrons. The Labute approximate surface area is 251 Å². The predicted molar refractivity (Wildman–Crippen MR) is 154 cm³/mol. The molecule has 42 heavy (non-hydrogen) atoms. The lowest BCUT2D eigenvalue weighted by Gasteiger charge is -2.37. The summed E-state index contributed by atoms with van der Waals surface area (Å²) < 4.78 is 23.2. The molecule has 2 bridgehead atoms. The number of halogens is 2. The second-order valence-electron chi connectivity index (χ2n) is 11.1. The van der Waals surface area contributed by atoms with E-state index in [1.54, 1.807) is 24.3 Å². The van der Waals surface area contributed by atoms with Gasteiger partial charge in [-0.05, 0) is 74.0 Å². The number of hydrogen-bond donors (Lipinski definition) is 1. The van der Waals surface area contributed by atoms with Gasteiger partial charge in [0.15, 0.2) is 0 Å². The second-order valence-corrected chi connectivity index (χ2v) is 11.9. The zero-order chi connectivity index (χ0) is 29.0. The lowest BCUT2D eigenvalue weighted by Crippen LogP contribution is -2.46. The van der Waals surface area contributed by atoms with Gasteiger partial charge in [0.25, 0.3) is 11.8 Å². The molecule has 1 saturated carbocycles. The summed E-state index contributed by atoms with van der Waals surface area (Å²) in [5, 5.41) is 19.1. The van der Waals surface area contributed by atoms with E-state index in [1.165, 1.54) is 13.2 Å². The average Bonchev–Trinajstić information content (AvgIpc) is 3.45. The monoisotopic (exact) mass is 610 g/mol. The van der Waals surface area contributed by atoms with Crippen LogP contribution in [0.15, 0.2) is 45.4 Å². The van der Waals surface area contributed by atoms with E-state index in [0.29, 0.717) is 51.2 Å². The number of aromatic nitrogens is 3. The molecular weight excluding hydrogens is 583 g/mol. The van der Waals surface area contributed by atoms with Crippen LogP contribution in [0.2, 0.25) is 10.0 Å². The second kappa shape index (κ2) is 10.9. The molecule has 4 aromatic rings. The summed E-state index contributed by atoms with van der Waals surface area (Å²) in [7, 11) is 1.43. The minimum atomic E-state index is -1.07. The Balaban J connectivity index is 1.07. The van der Waals surface area contributed by atoms with Gasteiger partial charge in [0.1, 0.15) is 22.8 Å². The molecule has 7 rings (SSSR count). The molecule has 1 aliphatic carbocycles. The topological polar surface area (TPSA) is 124 Å². The first-order valence-corrected chi connectivity index (χ1v) is 14.7. The molecule has 0 amide bonds. The van der Waals surface area contributed by atoms with Crippen LogP contribution in [0, 0.1) is 0 Å². The van der Waals surface area contributed by atoms with E-state index in [4.69, 9.17) is 41.7 Å². The molecule has 12 heteroatoms. The van der Waals surface area contributed by atoms with Crippen LogP contribution < -0.4 is 9.64 Å². The highest BCUT2D eigenvalue weighted by Crippen LogP contribution is 2.47. The number of rotatable bonds is 9. The molecule has 2 unspecified atom stereocenters. The van der Waals surface area contributed by atoms with E-state index in [2.05, 4.69) is 20.2 Å². The van der Waals surface area contributed by atoms with Gasteiger partial charge in [0.2, 0.25) is 0 Å². The van der Waals surface area contributed by atoms with Gasteiger partial charge >= 0.3 is 5.97 Å². The van der Waals surface area contributed by atoms with E-state index in [1.807, 2.05) is 6.07 Å². The number of piperidine rings is 1. The summed E-state index contributed by atoms with van der Waals surface area (Å²) in [5.74, 6) is 1.23. The fourth-order valence-electron chi connectivity index (χ4n) is 6.28. The first kappa shape index (κ1) is 27.2. The van der Waals surface area contributed by atoms with Gasteiger partial charge in [-0.15, -0.1) is 0 Å². The smallest absolute Gasteiger partial charge is 0.339 e. The van der Waals surface area contributed by atoms with Gasteiger partial charge in [-0.3, -0.25) is 0 Å². The van der Waals surface area contributed by atoms with Crippen molar-refractivity contribution in [1.82, 2.24) is 15.3 Å². The molecule has 4 heterocycles. The van der Waals surface area contributed by atoms with Gasteiger partial charge in [0, 0.05) is 34.7 Å². The third-order valence-corrected chi connectivity index (χ3v) is 9.07. The van der Waals surface area contributed by atoms with Crippen LogP contribution in [0.5, 0.6) is 5.75 Å². The van der Waals surface area contributed by atoms with Crippen LogP contribution in [-0.4, -0.2) is 51.7 Å². The Morgan fingerprint density at radius 1 is 1.05 bits per heavy atom. The first-order valence-electron chi connectivity index (χ1n) is 14.0. The number of fused-ring (bicyclic) bond motifs is 2. The zero-order valence-corrected chi connectivity index (χ0v) is 24.3. The van der Waals surface area contributed by atoms with Gasteiger partial charge in [-0.2, -0.15) is 4.98 Å². The molecular formula is C30H28Cl2N4O6. The highest BCUT2D eigenvalue weighted by atomic mass is 35.5. The molecule has 3 aliphatic rings. The Morgan fingerprint density at radius 2 is 1.79 bits per heavy atom. The quantitative estimate of drug-likeness (QED) is 0.212. The molecule has 2 saturated heterocycles. The number of carboxylic acids is 1. The van der Waals surface area contributed by atoms with E-state index >= 15 is 0 Å². The van der Waals surface area contributed by atoms with Crippen LogP contribution in [-0.2, 0) is 11.3 Å². The van der Waals surface area contributed by atoms with E-state index in [9.17, 15) is 9.90 Å². The number of carbonyl (C=O) groups is 1. The number of anilines is 1. The summed E-state index contributed by atoms with van der Waals surface area (Å²) >= 11 is 13.0. The summed E-state index contributed by atoms with van der Waals surface area (Å²) in [6.45, 7) is 0.372. The number of nitrogens with zero attached hydrogens (tertiary/aromatic N) is 4. The Morgan fingerprint density at radius 3 is 2.45 bits per heavy atom. The van der Waals surface area contributed by atoms with E-state index < -0.39 is 5.97 Å². The third-order valence-electron chi connectivity index (χ3n) is 8.44. The fraction of sp³-hybridized carbons (Fsp3) is 0.400. The lowest BCUT2D eigenvalue weighted by molar-refractivity contribution is 0.0144. The van der Waals surface area contributed by atoms with Crippen molar-refractivity contribution < 1.29 is 28.4 Å². The number of benzene rings is 2. The zero-order valence-electron chi connectivity index (χ0n) is 22.8. The highest BCUT2D eigenvalue weighted by Gasteiger charge is 2.44. The molecule has 0 spiro atoms. The van der Waals surface area contributed by atoms with Crippen LogP contribution in [0.4, 0.5) is 5.95 Å². The highest BCUT2D eigenvalue weighted by molar-refractivity contribution is 6.39. The fourth-order valence-corrected chi connectivity index (χ4v) is 6.85. The van der Waals surface area contributed by atoms with Gasteiger partial charge in [-0.25, -0.2) is 4.79 Å². The Kier molecular flexibility index (Phi) is 7.08. The maximum atomic E-state index is 11.4. The summed E-state index contributed by atoms with van der Waals surface area (Å²) in [6, 6.07) is 10.6. The van der Waals surface area contributed by atoms with Crippen molar-refractivity contribution in [2.24, 2.45) is 0 Å². The molecule has 2 aromatic heterocycles.